The highest BCUT2D eigenvalue weighted by Gasteiger charge is 2.71. The molecule has 3 aliphatic carbocycles. The van der Waals surface area contributed by atoms with Crippen molar-refractivity contribution in [2.45, 2.75) is 88.0 Å². The minimum Gasteiger partial charge on any atom is -0.380 e. The van der Waals surface area contributed by atoms with Crippen LogP contribution >= 0.6 is 0 Å². The van der Waals surface area contributed by atoms with Gasteiger partial charge in [-0.3, -0.25) is 9.69 Å². The van der Waals surface area contributed by atoms with Crippen molar-refractivity contribution in [2.75, 3.05) is 46.6 Å². The maximum Gasteiger partial charge on any atom is 0.257 e. The molecule has 4 saturated heterocycles. The third kappa shape index (κ3) is 4.91. The third-order valence-electron chi connectivity index (χ3n) is 11.3. The Bertz CT molecular complexity index is 887. The van der Waals surface area contributed by atoms with Crippen LogP contribution in [0.3, 0.4) is 0 Å². The van der Waals surface area contributed by atoms with E-state index in [1.165, 1.54) is 19.3 Å². The summed E-state index contributed by atoms with van der Waals surface area (Å²) in [5.74, 6) is -1.47. The summed E-state index contributed by atoms with van der Waals surface area (Å²) >= 11 is 0. The van der Waals surface area contributed by atoms with E-state index in [0.717, 1.165) is 65.0 Å². The van der Waals surface area contributed by atoms with Gasteiger partial charge in [0.2, 0.25) is 5.91 Å². The zero-order valence-corrected chi connectivity index (χ0v) is 22.8. The van der Waals surface area contributed by atoms with Crippen LogP contribution in [0.1, 0.15) is 57.8 Å². The van der Waals surface area contributed by atoms with Crippen molar-refractivity contribution < 1.29 is 18.3 Å². The summed E-state index contributed by atoms with van der Waals surface area (Å²) in [5.41, 5.74) is 6.86. The molecule has 6 unspecified atom stereocenters. The summed E-state index contributed by atoms with van der Waals surface area (Å²) in [6, 6.07) is 0.449. The number of hydrogen-bond acceptors (Lipinski definition) is 7. The summed E-state index contributed by atoms with van der Waals surface area (Å²) in [7, 11) is 2.15. The first-order chi connectivity index (χ1) is 18.3. The number of nitrogens with one attached hydrogen (secondary N) is 4. The molecule has 3 saturated carbocycles. The molecule has 214 valence electrons. The monoisotopic (exact) mass is 536 g/mol. The fourth-order valence-electron chi connectivity index (χ4n) is 8.61. The average molecular weight is 537 g/mol. The lowest BCUT2D eigenvalue weighted by Crippen LogP contribution is -2.58. The lowest BCUT2D eigenvalue weighted by Gasteiger charge is -2.51. The van der Waals surface area contributed by atoms with E-state index in [9.17, 15) is 13.6 Å². The summed E-state index contributed by atoms with van der Waals surface area (Å²) < 4.78 is 33.2. The van der Waals surface area contributed by atoms with Crippen LogP contribution in [0.5, 0.6) is 0 Å². The molecule has 4 N–H and O–H groups in total. The van der Waals surface area contributed by atoms with Crippen molar-refractivity contribution in [3.8, 4) is 0 Å². The quantitative estimate of drug-likeness (QED) is 0.376. The topological polar surface area (TPSA) is 80.9 Å². The average Bonchev–Trinajstić information content (AvgIpc) is 3.67. The van der Waals surface area contributed by atoms with Gasteiger partial charge in [-0.1, -0.05) is 6.42 Å². The molecule has 0 bridgehead atoms. The van der Waals surface area contributed by atoms with E-state index in [2.05, 4.69) is 38.3 Å². The van der Waals surface area contributed by atoms with Crippen LogP contribution in [0, 0.1) is 35.0 Å². The highest BCUT2D eigenvalue weighted by Crippen LogP contribution is 2.59. The van der Waals surface area contributed by atoms with E-state index in [1.807, 2.05) is 0 Å². The molecule has 7 aliphatic rings. The van der Waals surface area contributed by atoms with Crippen LogP contribution in [0.4, 0.5) is 8.78 Å². The van der Waals surface area contributed by atoms with Gasteiger partial charge in [0, 0.05) is 49.0 Å². The number of alkyl halides is 2. The van der Waals surface area contributed by atoms with Gasteiger partial charge < -0.3 is 20.3 Å². The summed E-state index contributed by atoms with van der Waals surface area (Å²) in [5, 5.41) is 7.18. The number of piperidine rings is 2. The first-order valence-electron chi connectivity index (χ1n) is 15.2. The second kappa shape index (κ2) is 9.87. The Morgan fingerprint density at radius 1 is 1.08 bits per heavy atom. The van der Waals surface area contributed by atoms with Gasteiger partial charge in [0.15, 0.2) is 0 Å². The molecule has 10 heteroatoms. The van der Waals surface area contributed by atoms with Gasteiger partial charge in [0.1, 0.15) is 0 Å². The number of hydrogen-bond donors (Lipinski definition) is 4. The van der Waals surface area contributed by atoms with Crippen LogP contribution in [0.25, 0.3) is 0 Å². The predicted octanol–water partition coefficient (Wildman–Crippen LogP) is 1.74. The SMILES string of the molecule is CN1CNNC1CC1(C2CCCC(NC(=O)C3CC(CN4C[C@@H]5[C@H](C4)C5(F)F)CC(C4CC4)N3)C2)COC1. The fourth-order valence-corrected chi connectivity index (χ4v) is 8.61. The Hall–Kier alpha value is -0.910. The number of halogens is 2. The van der Waals surface area contributed by atoms with Gasteiger partial charge in [-0.15, -0.1) is 0 Å². The molecule has 4 aliphatic heterocycles. The molecule has 4 heterocycles. The predicted molar refractivity (Wildman–Crippen MR) is 139 cm³/mol. The number of hydrazine groups is 1. The third-order valence-corrected chi connectivity index (χ3v) is 11.3. The number of amides is 1. The number of ether oxygens (including phenoxy) is 1. The molecule has 0 aromatic rings. The number of carbonyl (C=O) groups excluding carboxylic acids is 1. The molecule has 0 spiro atoms. The first kappa shape index (κ1) is 26.0. The molecule has 0 aromatic heterocycles. The van der Waals surface area contributed by atoms with Crippen LogP contribution < -0.4 is 21.5 Å². The lowest BCUT2D eigenvalue weighted by molar-refractivity contribution is -0.166. The molecule has 0 aromatic carbocycles. The molecule has 8 atom stereocenters. The Morgan fingerprint density at radius 2 is 1.87 bits per heavy atom. The Labute approximate surface area is 225 Å². The van der Waals surface area contributed by atoms with Crippen LogP contribution in [-0.2, 0) is 9.53 Å². The minimum absolute atomic E-state index is 0.155. The maximum atomic E-state index is 13.7. The summed E-state index contributed by atoms with van der Waals surface area (Å²) in [4.78, 5) is 18.2. The van der Waals surface area contributed by atoms with Crippen LogP contribution in [-0.4, -0.2) is 92.5 Å². The molecule has 7 rings (SSSR count). The van der Waals surface area contributed by atoms with Gasteiger partial charge in [-0.2, -0.15) is 0 Å². The number of fused-ring (bicyclic) bond motifs is 1. The number of carbonyl (C=O) groups is 1. The normalized spacial score (nSPS) is 44.4. The number of likely N-dealkylation sites (tertiary alicyclic amines) is 1. The first-order valence-corrected chi connectivity index (χ1v) is 15.2. The number of rotatable bonds is 8. The van der Waals surface area contributed by atoms with E-state index < -0.39 is 17.8 Å². The largest absolute Gasteiger partial charge is 0.380 e. The molecular weight excluding hydrogens is 490 g/mol. The summed E-state index contributed by atoms with van der Waals surface area (Å²) in [6.07, 6.45) is 10.2. The zero-order chi connectivity index (χ0) is 26.1. The van der Waals surface area contributed by atoms with Crippen molar-refractivity contribution in [2.24, 2.45) is 35.0 Å². The molecule has 8 nitrogen and oxygen atoms in total. The van der Waals surface area contributed by atoms with Gasteiger partial charge in [0.25, 0.3) is 5.92 Å². The van der Waals surface area contributed by atoms with Crippen LogP contribution in [0.2, 0.25) is 0 Å². The van der Waals surface area contributed by atoms with Crippen LogP contribution in [0.15, 0.2) is 0 Å². The van der Waals surface area contributed by atoms with Crippen molar-refractivity contribution in [3.63, 3.8) is 0 Å². The molecule has 0 radical (unpaired) electrons. The summed E-state index contributed by atoms with van der Waals surface area (Å²) in [6.45, 7) is 4.43. The van der Waals surface area contributed by atoms with Crippen molar-refractivity contribution in [3.05, 3.63) is 0 Å². The molecular formula is C28H46F2N6O2. The molecule has 38 heavy (non-hydrogen) atoms. The second-order valence-corrected chi connectivity index (χ2v) is 14.0. The van der Waals surface area contributed by atoms with E-state index in [0.29, 0.717) is 43.1 Å². The van der Waals surface area contributed by atoms with Crippen molar-refractivity contribution >= 4 is 5.91 Å². The van der Waals surface area contributed by atoms with Gasteiger partial charge in [-0.05, 0) is 76.2 Å². The Morgan fingerprint density at radius 3 is 2.53 bits per heavy atom. The Kier molecular flexibility index (Phi) is 6.76. The zero-order valence-electron chi connectivity index (χ0n) is 22.8. The van der Waals surface area contributed by atoms with Gasteiger partial charge in [-0.25, -0.2) is 19.6 Å². The van der Waals surface area contributed by atoms with Gasteiger partial charge >= 0.3 is 0 Å². The van der Waals surface area contributed by atoms with E-state index >= 15 is 0 Å². The van der Waals surface area contributed by atoms with Crippen molar-refractivity contribution in [1.29, 1.82) is 0 Å². The fraction of sp³-hybridized carbons (Fsp3) is 0.964. The van der Waals surface area contributed by atoms with Gasteiger partial charge in [0.05, 0.1) is 32.1 Å². The van der Waals surface area contributed by atoms with Crippen molar-refractivity contribution in [1.82, 2.24) is 31.3 Å². The standard InChI is InChI=1S/C28H46F2N6O2/c1-35-16-31-34-25(35)10-27(14-38-15-27)19-3-2-4-20(9-19)32-26(37)24-8-17(7-23(33-24)18-5-6-18)11-36-12-21-22(13-36)28(21,29)30/h17-25,31,33-34H,2-16H2,1H3,(H,32,37)/t17?,19?,20?,21-,22+,23?,24?,25?. The highest BCUT2D eigenvalue weighted by atomic mass is 19.3. The second-order valence-electron chi connectivity index (χ2n) is 14.0. The molecule has 7 fully saturated rings. The lowest BCUT2D eigenvalue weighted by atomic mass is 9.64. The minimum atomic E-state index is -2.42. The number of nitrogens with zero attached hydrogens (tertiary/aromatic N) is 2. The van der Waals surface area contributed by atoms with E-state index in [4.69, 9.17) is 4.74 Å². The van der Waals surface area contributed by atoms with E-state index in [1.54, 1.807) is 0 Å². The molecule has 1 amide bonds. The maximum absolute atomic E-state index is 13.7. The Balaban J connectivity index is 0.949. The van der Waals surface area contributed by atoms with E-state index in [-0.39, 0.29) is 23.4 Å². The smallest absolute Gasteiger partial charge is 0.257 e. The highest BCUT2D eigenvalue weighted by molar-refractivity contribution is 5.82.